The van der Waals surface area contributed by atoms with E-state index in [1.807, 2.05) is 4.90 Å². The van der Waals surface area contributed by atoms with Crippen LogP contribution in [0.1, 0.15) is 44.9 Å². The minimum absolute atomic E-state index is 0.149. The number of piperidine rings is 1. The number of piperazine rings is 1. The second-order valence-electron chi connectivity index (χ2n) is 8.38. The van der Waals surface area contributed by atoms with Crippen LogP contribution < -0.4 is 5.32 Å². The van der Waals surface area contributed by atoms with E-state index in [9.17, 15) is 13.2 Å². The first-order chi connectivity index (χ1) is 14.0. The third-order valence-electron chi connectivity index (χ3n) is 6.48. The molecule has 0 spiro atoms. The number of benzene rings is 1. The monoisotopic (exact) mass is 420 g/mol. The lowest BCUT2D eigenvalue weighted by atomic mass is 10.2. The summed E-state index contributed by atoms with van der Waals surface area (Å²) in [6.45, 7) is 4.42. The average molecular weight is 421 g/mol. The number of hydrogen-bond donors (Lipinski definition) is 1. The minimum atomic E-state index is -3.50. The largest absolute Gasteiger partial charge is 0.322 e. The fourth-order valence-corrected chi connectivity index (χ4v) is 6.31. The van der Waals surface area contributed by atoms with Gasteiger partial charge in [0.2, 0.25) is 10.0 Å². The number of anilines is 1. The first-order valence-corrected chi connectivity index (χ1v) is 12.4. The van der Waals surface area contributed by atoms with Gasteiger partial charge >= 0.3 is 6.03 Å². The van der Waals surface area contributed by atoms with Crippen molar-refractivity contribution in [3.8, 4) is 0 Å². The standard InChI is InChI=1S/C21H32N4O3S/c26-21(24-15-13-23(14-16-24)19-8-2-3-9-19)22-18-7-6-10-20(17-18)29(27,28)25-11-4-1-5-12-25/h6-7,10,17,19H,1-5,8-9,11-16H2,(H,22,26). The molecule has 2 heterocycles. The van der Waals surface area contributed by atoms with Crippen LogP contribution in [0.15, 0.2) is 29.2 Å². The van der Waals surface area contributed by atoms with Gasteiger partial charge in [0.1, 0.15) is 0 Å². The first-order valence-electron chi connectivity index (χ1n) is 10.9. The average Bonchev–Trinajstić information content (AvgIpc) is 3.30. The number of urea groups is 1. The maximum absolute atomic E-state index is 12.9. The Morgan fingerprint density at radius 3 is 2.28 bits per heavy atom. The summed E-state index contributed by atoms with van der Waals surface area (Å²) in [6, 6.07) is 7.18. The van der Waals surface area contributed by atoms with E-state index in [-0.39, 0.29) is 10.9 Å². The predicted molar refractivity (Wildman–Crippen MR) is 113 cm³/mol. The molecule has 0 radical (unpaired) electrons. The van der Waals surface area contributed by atoms with Gasteiger partial charge in [0.25, 0.3) is 0 Å². The van der Waals surface area contributed by atoms with E-state index in [1.54, 1.807) is 28.6 Å². The Morgan fingerprint density at radius 2 is 1.59 bits per heavy atom. The summed E-state index contributed by atoms with van der Waals surface area (Å²) < 4.78 is 27.3. The van der Waals surface area contributed by atoms with Crippen molar-refractivity contribution in [2.24, 2.45) is 0 Å². The summed E-state index contributed by atoms with van der Waals surface area (Å²) in [5.74, 6) is 0. The number of amides is 2. The molecule has 0 bridgehead atoms. The van der Waals surface area contributed by atoms with Crippen LogP contribution in [-0.2, 0) is 10.0 Å². The molecular weight excluding hydrogens is 388 g/mol. The van der Waals surface area contributed by atoms with Crippen LogP contribution in [-0.4, -0.2) is 73.9 Å². The van der Waals surface area contributed by atoms with Crippen LogP contribution in [0.3, 0.4) is 0 Å². The Bertz CT molecular complexity index is 809. The number of carbonyl (C=O) groups excluding carboxylic acids is 1. The number of hydrogen-bond acceptors (Lipinski definition) is 4. The molecule has 2 aliphatic heterocycles. The molecule has 1 aromatic carbocycles. The van der Waals surface area contributed by atoms with E-state index < -0.39 is 10.0 Å². The highest BCUT2D eigenvalue weighted by Crippen LogP contribution is 2.25. The SMILES string of the molecule is O=C(Nc1cccc(S(=O)(=O)N2CCCCC2)c1)N1CCN(C2CCCC2)CC1. The number of rotatable bonds is 4. The summed E-state index contributed by atoms with van der Waals surface area (Å²) in [4.78, 5) is 17.3. The van der Waals surface area contributed by atoms with Crippen molar-refractivity contribution in [1.82, 2.24) is 14.1 Å². The molecule has 2 amide bonds. The molecule has 1 N–H and O–H groups in total. The molecule has 3 aliphatic rings. The van der Waals surface area contributed by atoms with Crippen LogP contribution in [0.25, 0.3) is 0 Å². The molecule has 0 atom stereocenters. The zero-order valence-electron chi connectivity index (χ0n) is 17.1. The van der Waals surface area contributed by atoms with Crippen molar-refractivity contribution >= 4 is 21.7 Å². The molecule has 7 nitrogen and oxygen atoms in total. The van der Waals surface area contributed by atoms with E-state index in [0.29, 0.717) is 37.9 Å². The van der Waals surface area contributed by atoms with Crippen molar-refractivity contribution < 1.29 is 13.2 Å². The zero-order valence-corrected chi connectivity index (χ0v) is 17.9. The lowest BCUT2D eigenvalue weighted by Crippen LogP contribution is -2.52. The highest BCUT2D eigenvalue weighted by molar-refractivity contribution is 7.89. The van der Waals surface area contributed by atoms with E-state index in [2.05, 4.69) is 10.2 Å². The molecule has 2 saturated heterocycles. The molecule has 160 valence electrons. The smallest absolute Gasteiger partial charge is 0.321 e. The molecule has 29 heavy (non-hydrogen) atoms. The Labute approximate surface area is 174 Å². The quantitative estimate of drug-likeness (QED) is 0.813. The van der Waals surface area contributed by atoms with E-state index in [1.165, 1.54) is 25.7 Å². The fourth-order valence-electron chi connectivity index (χ4n) is 4.75. The highest BCUT2D eigenvalue weighted by Gasteiger charge is 2.29. The third kappa shape index (κ3) is 4.75. The number of sulfonamides is 1. The van der Waals surface area contributed by atoms with Gasteiger partial charge in [-0.15, -0.1) is 0 Å². The normalized spacial score (nSPS) is 22.7. The van der Waals surface area contributed by atoms with Gasteiger partial charge in [-0.2, -0.15) is 4.31 Å². The minimum Gasteiger partial charge on any atom is -0.322 e. The van der Waals surface area contributed by atoms with Gasteiger partial charge in [-0.1, -0.05) is 25.3 Å². The van der Waals surface area contributed by atoms with E-state index >= 15 is 0 Å². The molecule has 0 unspecified atom stereocenters. The van der Waals surface area contributed by atoms with Crippen molar-refractivity contribution in [2.45, 2.75) is 55.9 Å². The van der Waals surface area contributed by atoms with Crippen LogP contribution in [0.4, 0.5) is 10.5 Å². The first kappa shape index (κ1) is 20.6. The van der Waals surface area contributed by atoms with Gasteiger partial charge in [0.15, 0.2) is 0 Å². The fraction of sp³-hybridized carbons (Fsp3) is 0.667. The Balaban J connectivity index is 1.36. The second kappa shape index (κ2) is 9.02. The lowest BCUT2D eigenvalue weighted by molar-refractivity contribution is 0.115. The molecule has 0 aromatic heterocycles. The summed E-state index contributed by atoms with van der Waals surface area (Å²) in [7, 11) is -3.50. The summed E-state index contributed by atoms with van der Waals surface area (Å²) in [6.07, 6.45) is 8.10. The molecule has 4 rings (SSSR count). The summed E-state index contributed by atoms with van der Waals surface area (Å²) in [5.41, 5.74) is 0.534. The molecule has 1 aliphatic carbocycles. The highest BCUT2D eigenvalue weighted by atomic mass is 32.2. The van der Waals surface area contributed by atoms with Crippen LogP contribution in [0, 0.1) is 0 Å². The zero-order chi connectivity index (χ0) is 20.3. The van der Waals surface area contributed by atoms with Gasteiger partial charge in [0.05, 0.1) is 4.90 Å². The third-order valence-corrected chi connectivity index (χ3v) is 8.38. The maximum Gasteiger partial charge on any atom is 0.321 e. The van der Waals surface area contributed by atoms with Crippen molar-refractivity contribution in [3.05, 3.63) is 24.3 Å². The van der Waals surface area contributed by atoms with Crippen LogP contribution >= 0.6 is 0 Å². The Hall–Kier alpha value is -1.64. The number of nitrogens with one attached hydrogen (secondary N) is 1. The Kier molecular flexibility index (Phi) is 6.41. The summed E-state index contributed by atoms with van der Waals surface area (Å²) in [5, 5.41) is 2.90. The van der Waals surface area contributed by atoms with Gasteiger partial charge in [-0.3, -0.25) is 4.90 Å². The van der Waals surface area contributed by atoms with Gasteiger partial charge < -0.3 is 10.2 Å². The molecule has 3 fully saturated rings. The van der Waals surface area contributed by atoms with Crippen LogP contribution in [0.5, 0.6) is 0 Å². The summed E-state index contributed by atoms with van der Waals surface area (Å²) >= 11 is 0. The van der Waals surface area contributed by atoms with Gasteiger partial charge in [-0.25, -0.2) is 13.2 Å². The second-order valence-corrected chi connectivity index (χ2v) is 10.3. The number of carbonyl (C=O) groups is 1. The van der Waals surface area contributed by atoms with E-state index in [0.717, 1.165) is 32.4 Å². The van der Waals surface area contributed by atoms with Crippen molar-refractivity contribution in [2.75, 3.05) is 44.6 Å². The van der Waals surface area contributed by atoms with Gasteiger partial charge in [0, 0.05) is 51.0 Å². The molecular formula is C21H32N4O3S. The molecule has 1 saturated carbocycles. The molecule has 1 aromatic rings. The van der Waals surface area contributed by atoms with E-state index in [4.69, 9.17) is 0 Å². The predicted octanol–water partition coefficient (Wildman–Crippen LogP) is 2.95. The van der Waals surface area contributed by atoms with Gasteiger partial charge in [-0.05, 0) is 43.9 Å². The molecule has 8 heteroatoms. The van der Waals surface area contributed by atoms with Crippen molar-refractivity contribution in [3.63, 3.8) is 0 Å². The topological polar surface area (TPSA) is 73.0 Å². The lowest BCUT2D eigenvalue weighted by Gasteiger charge is -2.38. The maximum atomic E-state index is 12.9. The number of nitrogens with zero attached hydrogens (tertiary/aromatic N) is 3. The Morgan fingerprint density at radius 1 is 0.897 bits per heavy atom. The van der Waals surface area contributed by atoms with Crippen molar-refractivity contribution in [1.29, 1.82) is 0 Å². The van der Waals surface area contributed by atoms with Crippen LogP contribution in [0.2, 0.25) is 0 Å².